The van der Waals surface area contributed by atoms with Crippen molar-refractivity contribution in [1.29, 1.82) is 0 Å². The maximum atomic E-state index is 9.05. The molecule has 0 saturated carbocycles. The molecule has 0 bridgehead atoms. The average Bonchev–Trinajstić information content (AvgIpc) is 2.27. The Morgan fingerprint density at radius 3 is 1.87 bits per heavy atom. The molecule has 3 N–H and O–H groups in total. The van der Waals surface area contributed by atoms with E-state index in [1.54, 1.807) is 0 Å². The first-order valence-corrected chi connectivity index (χ1v) is 5.35. The summed E-state index contributed by atoms with van der Waals surface area (Å²) in [5, 5.41) is 26.6. The first-order valence-electron chi connectivity index (χ1n) is 5.35. The smallest absolute Gasteiger partial charge is 0.109 e. The van der Waals surface area contributed by atoms with Gasteiger partial charge < -0.3 is 24.8 Å². The number of hydrogen-bond acceptors (Lipinski definition) is 5. The van der Waals surface area contributed by atoms with Crippen molar-refractivity contribution in [1.82, 2.24) is 0 Å². The minimum atomic E-state index is -0.570. The van der Waals surface area contributed by atoms with Crippen molar-refractivity contribution in [2.45, 2.75) is 32.0 Å². The van der Waals surface area contributed by atoms with Crippen LogP contribution in [0.3, 0.4) is 0 Å². The van der Waals surface area contributed by atoms with Gasteiger partial charge in [0.05, 0.1) is 26.4 Å². The van der Waals surface area contributed by atoms with Crippen LogP contribution in [-0.4, -0.2) is 60.6 Å². The molecule has 2 atom stereocenters. The van der Waals surface area contributed by atoms with Crippen LogP contribution in [0.15, 0.2) is 0 Å². The molecule has 2 unspecified atom stereocenters. The summed E-state index contributed by atoms with van der Waals surface area (Å²) in [7, 11) is 0. The molecule has 0 aromatic carbocycles. The number of rotatable bonds is 10. The second-order valence-corrected chi connectivity index (χ2v) is 3.26. The molecule has 0 rings (SSSR count). The molecule has 5 nitrogen and oxygen atoms in total. The third-order valence-electron chi connectivity index (χ3n) is 2.03. The van der Waals surface area contributed by atoms with Crippen molar-refractivity contribution >= 4 is 0 Å². The standard InChI is InChI=1S/C10H22O5/c1-2-3-5-14-9(7-12)10(8-13)15-6-4-11/h9-13H,2-8H2,1H3. The second-order valence-electron chi connectivity index (χ2n) is 3.26. The molecule has 0 aliphatic rings. The van der Waals surface area contributed by atoms with Gasteiger partial charge in [-0.25, -0.2) is 0 Å². The Labute approximate surface area is 90.6 Å². The van der Waals surface area contributed by atoms with Crippen LogP contribution in [0.2, 0.25) is 0 Å². The molecule has 0 radical (unpaired) electrons. The molecule has 15 heavy (non-hydrogen) atoms. The van der Waals surface area contributed by atoms with Crippen molar-refractivity contribution < 1.29 is 24.8 Å². The Balaban J connectivity index is 3.85. The highest BCUT2D eigenvalue weighted by Gasteiger charge is 2.21. The Kier molecular flexibility index (Phi) is 10.2. The fourth-order valence-electron chi connectivity index (χ4n) is 1.14. The van der Waals surface area contributed by atoms with E-state index in [4.69, 9.17) is 24.8 Å². The lowest BCUT2D eigenvalue weighted by Gasteiger charge is -2.24. The molecule has 0 heterocycles. The van der Waals surface area contributed by atoms with E-state index >= 15 is 0 Å². The highest BCUT2D eigenvalue weighted by Crippen LogP contribution is 2.05. The third kappa shape index (κ3) is 6.81. The highest BCUT2D eigenvalue weighted by atomic mass is 16.6. The van der Waals surface area contributed by atoms with E-state index in [0.717, 1.165) is 12.8 Å². The zero-order valence-electron chi connectivity index (χ0n) is 9.26. The molecule has 5 heteroatoms. The van der Waals surface area contributed by atoms with Crippen LogP contribution in [0.4, 0.5) is 0 Å². The zero-order chi connectivity index (χ0) is 11.5. The summed E-state index contributed by atoms with van der Waals surface area (Å²) in [6.07, 6.45) is 0.834. The summed E-state index contributed by atoms with van der Waals surface area (Å²) >= 11 is 0. The quantitative estimate of drug-likeness (QED) is 0.436. The van der Waals surface area contributed by atoms with Gasteiger partial charge in [0.1, 0.15) is 12.2 Å². The van der Waals surface area contributed by atoms with Crippen molar-refractivity contribution in [2.24, 2.45) is 0 Å². The van der Waals surface area contributed by atoms with E-state index in [9.17, 15) is 0 Å². The Morgan fingerprint density at radius 1 is 0.933 bits per heavy atom. The Morgan fingerprint density at radius 2 is 1.47 bits per heavy atom. The van der Waals surface area contributed by atoms with Crippen LogP contribution < -0.4 is 0 Å². The topological polar surface area (TPSA) is 79.2 Å². The maximum absolute atomic E-state index is 9.05. The zero-order valence-corrected chi connectivity index (χ0v) is 9.26. The van der Waals surface area contributed by atoms with Crippen molar-refractivity contribution in [3.05, 3.63) is 0 Å². The van der Waals surface area contributed by atoms with Crippen LogP contribution in [0, 0.1) is 0 Å². The first kappa shape index (κ1) is 14.8. The minimum absolute atomic E-state index is 0.108. The summed E-state index contributed by atoms with van der Waals surface area (Å²) < 4.78 is 10.5. The predicted octanol–water partition coefficient (Wildman–Crippen LogP) is -0.466. The van der Waals surface area contributed by atoms with E-state index in [1.807, 2.05) is 6.92 Å². The average molecular weight is 222 g/mol. The highest BCUT2D eigenvalue weighted by molar-refractivity contribution is 4.69. The number of ether oxygens (including phenoxy) is 2. The van der Waals surface area contributed by atoms with Gasteiger partial charge in [0.15, 0.2) is 0 Å². The molecule has 0 aliphatic heterocycles. The molecule has 0 aromatic rings. The molecule has 0 aromatic heterocycles. The minimum Gasteiger partial charge on any atom is -0.394 e. The molecule has 0 saturated heterocycles. The van der Waals surface area contributed by atoms with Crippen LogP contribution in [0.1, 0.15) is 19.8 Å². The number of aliphatic hydroxyl groups excluding tert-OH is 3. The van der Waals surface area contributed by atoms with Crippen LogP contribution in [0.5, 0.6) is 0 Å². The van der Waals surface area contributed by atoms with Gasteiger partial charge in [-0.15, -0.1) is 0 Å². The van der Waals surface area contributed by atoms with E-state index < -0.39 is 12.2 Å². The van der Waals surface area contributed by atoms with Crippen LogP contribution in [-0.2, 0) is 9.47 Å². The summed E-state index contributed by atoms with van der Waals surface area (Å²) in [5.41, 5.74) is 0. The largest absolute Gasteiger partial charge is 0.394 e. The predicted molar refractivity (Wildman–Crippen MR) is 55.6 cm³/mol. The first-order chi connectivity index (χ1) is 7.29. The van der Waals surface area contributed by atoms with Gasteiger partial charge in [-0.05, 0) is 6.42 Å². The molecule has 0 aliphatic carbocycles. The summed E-state index contributed by atoms with van der Waals surface area (Å²) in [6, 6.07) is 0. The van der Waals surface area contributed by atoms with Crippen LogP contribution in [0.25, 0.3) is 0 Å². The van der Waals surface area contributed by atoms with Gasteiger partial charge in [-0.2, -0.15) is 0 Å². The van der Waals surface area contributed by atoms with E-state index in [2.05, 4.69) is 0 Å². The maximum Gasteiger partial charge on any atom is 0.109 e. The number of unbranched alkanes of at least 4 members (excludes halogenated alkanes) is 1. The normalized spacial score (nSPS) is 15.2. The monoisotopic (exact) mass is 222 g/mol. The lowest BCUT2D eigenvalue weighted by molar-refractivity contribution is -0.113. The van der Waals surface area contributed by atoms with Gasteiger partial charge in [0.25, 0.3) is 0 Å². The molecule has 0 amide bonds. The molecule has 92 valence electrons. The van der Waals surface area contributed by atoms with Gasteiger partial charge in [0.2, 0.25) is 0 Å². The summed E-state index contributed by atoms with van der Waals surface area (Å²) in [6.45, 7) is 2.20. The summed E-state index contributed by atoms with van der Waals surface area (Å²) in [5.74, 6) is 0. The van der Waals surface area contributed by atoms with Gasteiger partial charge >= 0.3 is 0 Å². The second kappa shape index (κ2) is 10.3. The van der Waals surface area contributed by atoms with Crippen molar-refractivity contribution in [3.63, 3.8) is 0 Å². The van der Waals surface area contributed by atoms with E-state index in [1.165, 1.54) is 0 Å². The van der Waals surface area contributed by atoms with Gasteiger partial charge in [-0.1, -0.05) is 13.3 Å². The van der Waals surface area contributed by atoms with E-state index in [-0.39, 0.29) is 26.4 Å². The van der Waals surface area contributed by atoms with Crippen molar-refractivity contribution in [3.8, 4) is 0 Å². The molecule has 0 spiro atoms. The van der Waals surface area contributed by atoms with E-state index in [0.29, 0.717) is 6.61 Å². The molecule has 0 fully saturated rings. The van der Waals surface area contributed by atoms with Gasteiger partial charge in [0, 0.05) is 6.61 Å². The molecular weight excluding hydrogens is 200 g/mol. The summed E-state index contributed by atoms with van der Waals surface area (Å²) in [4.78, 5) is 0. The van der Waals surface area contributed by atoms with Gasteiger partial charge in [-0.3, -0.25) is 0 Å². The van der Waals surface area contributed by atoms with Crippen molar-refractivity contribution in [2.75, 3.05) is 33.0 Å². The SMILES string of the molecule is CCCCOC(CO)C(CO)OCCO. The van der Waals surface area contributed by atoms with Crippen LogP contribution >= 0.6 is 0 Å². The fraction of sp³-hybridized carbons (Fsp3) is 1.00. The number of hydrogen-bond donors (Lipinski definition) is 3. The number of aliphatic hydroxyl groups is 3. The lowest BCUT2D eigenvalue weighted by atomic mass is 10.2. The fourth-order valence-corrected chi connectivity index (χ4v) is 1.14. The lowest BCUT2D eigenvalue weighted by Crippen LogP contribution is -2.38. The molecular formula is C10H22O5. The Bertz CT molecular complexity index is 131. The Hall–Kier alpha value is -0.200. The third-order valence-corrected chi connectivity index (χ3v) is 2.03.